The lowest BCUT2D eigenvalue weighted by Gasteiger charge is -2.39. The molecule has 1 N–H and O–H groups in total. The maximum absolute atomic E-state index is 13.5. The number of aryl methyl sites for hydroxylation is 1. The number of pyridine rings is 1. The second-order valence-electron chi connectivity index (χ2n) is 11.0. The summed E-state index contributed by atoms with van der Waals surface area (Å²) in [6, 6.07) is 14.6. The number of hydrogen-bond donors (Lipinski definition) is 1. The summed E-state index contributed by atoms with van der Waals surface area (Å²) in [6.45, 7) is 7.65. The van der Waals surface area contributed by atoms with Crippen LogP contribution in [0.1, 0.15) is 49.0 Å². The van der Waals surface area contributed by atoms with Crippen LogP contribution in [-0.2, 0) is 6.54 Å². The standard InChI is InChI=1S/C33H38N4O/c1-2-25-7-5-8-26(30-11-10-29(25)30)16-21-37-31-9-4-3-6-27(31)22-32(37)33(38)35-23-24-14-19-36(20-15-24)28-12-17-34-18-13-28/h2-4,6-9,12-13,17-18,22,24,29-30H,1,5,10-11,14-16,19-21,23H2,(H,35,38). The number of piperidine rings is 1. The van der Waals surface area contributed by atoms with Crippen molar-refractivity contribution in [3.05, 3.63) is 96.5 Å². The lowest BCUT2D eigenvalue weighted by Crippen LogP contribution is -2.39. The Balaban J connectivity index is 1.11. The molecular weight excluding hydrogens is 468 g/mol. The van der Waals surface area contributed by atoms with Gasteiger partial charge in [0.25, 0.3) is 5.91 Å². The molecule has 0 radical (unpaired) electrons. The van der Waals surface area contributed by atoms with Crippen LogP contribution < -0.4 is 10.2 Å². The number of carbonyl (C=O) groups excluding carboxylic acids is 1. The summed E-state index contributed by atoms with van der Waals surface area (Å²) >= 11 is 0. The zero-order chi connectivity index (χ0) is 25.9. The van der Waals surface area contributed by atoms with Crippen LogP contribution in [0, 0.1) is 17.8 Å². The van der Waals surface area contributed by atoms with E-state index in [2.05, 4.69) is 87.0 Å². The van der Waals surface area contributed by atoms with Gasteiger partial charge in [0.15, 0.2) is 0 Å². The van der Waals surface area contributed by atoms with E-state index in [1.54, 1.807) is 5.57 Å². The average Bonchev–Trinajstić information content (AvgIpc) is 3.27. The first-order chi connectivity index (χ1) is 18.7. The summed E-state index contributed by atoms with van der Waals surface area (Å²) in [4.78, 5) is 20.0. The first-order valence-corrected chi connectivity index (χ1v) is 14.2. The topological polar surface area (TPSA) is 50.2 Å². The number of aromatic nitrogens is 2. The van der Waals surface area contributed by atoms with Crippen molar-refractivity contribution in [2.24, 2.45) is 17.8 Å². The molecule has 5 nitrogen and oxygen atoms in total. The number of carbonyl (C=O) groups is 1. The zero-order valence-corrected chi connectivity index (χ0v) is 22.2. The fraction of sp³-hybridized carbons (Fsp3) is 0.394. The van der Waals surface area contributed by atoms with Gasteiger partial charge in [-0.05, 0) is 86.1 Å². The molecule has 3 heterocycles. The van der Waals surface area contributed by atoms with Crippen LogP contribution in [0.2, 0.25) is 0 Å². The number of fused-ring (bicyclic) bond motifs is 2. The summed E-state index contributed by atoms with van der Waals surface area (Å²) in [5.41, 5.74) is 6.14. The molecular formula is C33H38N4O. The van der Waals surface area contributed by atoms with Crippen molar-refractivity contribution in [1.29, 1.82) is 0 Å². The van der Waals surface area contributed by atoms with E-state index in [4.69, 9.17) is 0 Å². The van der Waals surface area contributed by atoms with Crippen molar-refractivity contribution < 1.29 is 4.79 Å². The van der Waals surface area contributed by atoms with Crippen LogP contribution in [0.3, 0.4) is 0 Å². The van der Waals surface area contributed by atoms with Gasteiger partial charge in [0.2, 0.25) is 0 Å². The smallest absolute Gasteiger partial charge is 0.267 e. The molecule has 1 aromatic carbocycles. The summed E-state index contributed by atoms with van der Waals surface area (Å²) in [7, 11) is 0. The minimum absolute atomic E-state index is 0.0461. The Labute approximate surface area is 225 Å². The van der Waals surface area contributed by atoms with E-state index in [0.717, 1.165) is 68.5 Å². The van der Waals surface area contributed by atoms with Crippen molar-refractivity contribution >= 4 is 22.5 Å². The van der Waals surface area contributed by atoms with Crippen molar-refractivity contribution in [3.8, 4) is 0 Å². The number of allylic oxidation sites excluding steroid dienone is 5. The van der Waals surface area contributed by atoms with Gasteiger partial charge < -0.3 is 14.8 Å². The quantitative estimate of drug-likeness (QED) is 0.353. The van der Waals surface area contributed by atoms with Crippen LogP contribution in [0.4, 0.5) is 5.69 Å². The number of benzene rings is 1. The van der Waals surface area contributed by atoms with Crippen LogP contribution in [0.5, 0.6) is 0 Å². The third-order valence-corrected chi connectivity index (χ3v) is 9.01. The number of rotatable bonds is 8. The fourth-order valence-electron chi connectivity index (χ4n) is 6.67. The first-order valence-electron chi connectivity index (χ1n) is 14.2. The second kappa shape index (κ2) is 11.0. The average molecular weight is 507 g/mol. The Hall–Kier alpha value is -3.60. The van der Waals surface area contributed by atoms with Crippen LogP contribution in [0.15, 0.2) is 90.8 Å². The van der Waals surface area contributed by atoms with Gasteiger partial charge in [-0.25, -0.2) is 0 Å². The van der Waals surface area contributed by atoms with E-state index < -0.39 is 0 Å². The van der Waals surface area contributed by atoms with Crippen LogP contribution >= 0.6 is 0 Å². The highest BCUT2D eigenvalue weighted by Gasteiger charge is 2.35. The zero-order valence-electron chi connectivity index (χ0n) is 22.2. The van der Waals surface area contributed by atoms with Gasteiger partial charge in [-0.15, -0.1) is 0 Å². The Morgan fingerprint density at radius 1 is 1.03 bits per heavy atom. The van der Waals surface area contributed by atoms with Gasteiger partial charge in [-0.1, -0.05) is 48.6 Å². The summed E-state index contributed by atoms with van der Waals surface area (Å²) in [5, 5.41) is 4.43. The molecule has 1 saturated carbocycles. The van der Waals surface area contributed by atoms with Gasteiger partial charge in [0.1, 0.15) is 5.69 Å². The SMILES string of the molecule is C=CC1=CCC=C(CCn2c(C(=O)NCC3CCN(c4ccncc4)CC3)cc3ccccc32)C2CCC12. The molecule has 2 atom stereocenters. The predicted octanol–water partition coefficient (Wildman–Crippen LogP) is 6.54. The number of hydrogen-bond acceptors (Lipinski definition) is 3. The molecule has 2 aromatic heterocycles. The fourth-order valence-corrected chi connectivity index (χ4v) is 6.67. The number of nitrogens with zero attached hydrogens (tertiary/aromatic N) is 3. The number of nitrogens with one attached hydrogen (secondary N) is 1. The van der Waals surface area contributed by atoms with Gasteiger partial charge in [0.05, 0.1) is 0 Å². The summed E-state index contributed by atoms with van der Waals surface area (Å²) in [5.74, 6) is 1.83. The van der Waals surface area contributed by atoms with Crippen molar-refractivity contribution in [2.45, 2.75) is 45.1 Å². The highest BCUT2D eigenvalue weighted by molar-refractivity contribution is 5.98. The molecule has 5 heteroatoms. The minimum atomic E-state index is 0.0461. The Kier molecular flexibility index (Phi) is 7.17. The normalized spacial score (nSPS) is 21.6. The second-order valence-corrected chi connectivity index (χ2v) is 11.0. The largest absolute Gasteiger partial charge is 0.371 e. The van der Waals surface area contributed by atoms with E-state index in [-0.39, 0.29) is 5.91 Å². The molecule has 3 aliphatic rings. The molecule has 1 saturated heterocycles. The predicted molar refractivity (Wildman–Crippen MR) is 155 cm³/mol. The van der Waals surface area contributed by atoms with E-state index in [1.165, 1.54) is 24.1 Å². The van der Waals surface area contributed by atoms with E-state index in [9.17, 15) is 4.79 Å². The molecule has 2 unspecified atom stereocenters. The van der Waals surface area contributed by atoms with Crippen LogP contribution in [0.25, 0.3) is 10.9 Å². The van der Waals surface area contributed by atoms with Gasteiger partial charge in [-0.3, -0.25) is 9.78 Å². The van der Waals surface area contributed by atoms with Gasteiger partial charge >= 0.3 is 0 Å². The molecule has 196 valence electrons. The van der Waals surface area contributed by atoms with Crippen molar-refractivity contribution in [1.82, 2.24) is 14.9 Å². The maximum atomic E-state index is 13.5. The lowest BCUT2D eigenvalue weighted by atomic mass is 9.66. The Bertz CT molecular complexity index is 1360. The molecule has 6 rings (SSSR count). The third-order valence-electron chi connectivity index (χ3n) is 9.01. The molecule has 1 aliphatic heterocycles. The minimum Gasteiger partial charge on any atom is -0.371 e. The molecule has 2 fully saturated rings. The summed E-state index contributed by atoms with van der Waals surface area (Å²) < 4.78 is 2.25. The van der Waals surface area contributed by atoms with Crippen molar-refractivity contribution in [3.63, 3.8) is 0 Å². The Morgan fingerprint density at radius 2 is 1.82 bits per heavy atom. The van der Waals surface area contributed by atoms with Crippen LogP contribution in [-0.4, -0.2) is 35.1 Å². The van der Waals surface area contributed by atoms with E-state index in [0.29, 0.717) is 17.8 Å². The van der Waals surface area contributed by atoms with Crippen molar-refractivity contribution in [2.75, 3.05) is 24.5 Å². The molecule has 2 aliphatic carbocycles. The molecule has 1 amide bonds. The molecule has 0 bridgehead atoms. The molecule has 0 spiro atoms. The number of amides is 1. The number of anilines is 1. The first kappa shape index (κ1) is 24.7. The molecule has 38 heavy (non-hydrogen) atoms. The van der Waals surface area contributed by atoms with Gasteiger partial charge in [0, 0.05) is 55.2 Å². The van der Waals surface area contributed by atoms with Gasteiger partial charge in [-0.2, -0.15) is 0 Å². The maximum Gasteiger partial charge on any atom is 0.267 e. The van der Waals surface area contributed by atoms with E-state index in [1.807, 2.05) is 12.4 Å². The highest BCUT2D eigenvalue weighted by Crippen LogP contribution is 2.47. The number of para-hydroxylation sites is 1. The monoisotopic (exact) mass is 506 g/mol. The lowest BCUT2D eigenvalue weighted by molar-refractivity contribution is 0.0936. The highest BCUT2D eigenvalue weighted by atomic mass is 16.1. The van der Waals surface area contributed by atoms with E-state index >= 15 is 0 Å². The summed E-state index contributed by atoms with van der Waals surface area (Å²) in [6.07, 6.45) is 17.2. The Morgan fingerprint density at radius 3 is 2.58 bits per heavy atom. The molecule has 3 aromatic rings. The third kappa shape index (κ3) is 4.94.